The second-order valence-corrected chi connectivity index (χ2v) is 3.35. The van der Waals surface area contributed by atoms with E-state index in [1.54, 1.807) is 6.26 Å². The number of allylic oxidation sites excluding steroid dienone is 1. The molecule has 0 atom stereocenters. The Balaban J connectivity index is 0.000000853. The van der Waals surface area contributed by atoms with Crippen LogP contribution in [0.25, 0.3) is 11.6 Å². The van der Waals surface area contributed by atoms with Crippen LogP contribution in [0.4, 0.5) is 0 Å². The molecule has 1 aromatic heterocycles. The summed E-state index contributed by atoms with van der Waals surface area (Å²) in [6.45, 7) is 0. The van der Waals surface area contributed by atoms with Gasteiger partial charge in [0.25, 0.3) is 0 Å². The molecule has 2 heteroatoms. The van der Waals surface area contributed by atoms with Gasteiger partial charge in [0, 0.05) is 38.2 Å². The van der Waals surface area contributed by atoms with Gasteiger partial charge < -0.3 is 4.42 Å². The summed E-state index contributed by atoms with van der Waals surface area (Å²) >= 11 is 0. The number of hydrogen-bond acceptors (Lipinski definition) is 1. The minimum atomic E-state index is 0. The average Bonchev–Trinajstić information content (AvgIpc) is 2.86. The van der Waals surface area contributed by atoms with Crippen molar-refractivity contribution in [3.8, 4) is 0 Å². The number of benzene rings is 1. The summed E-state index contributed by atoms with van der Waals surface area (Å²) in [7, 11) is 0. The van der Waals surface area contributed by atoms with Gasteiger partial charge in [-0.3, -0.25) is 0 Å². The molecule has 0 N–H and O–H groups in total. The summed E-state index contributed by atoms with van der Waals surface area (Å²) in [5.41, 5.74) is 3.68. The second kappa shape index (κ2) is 4.32. The SMILES string of the molecule is [CH]1C(c2ccco2)=Cc2ccccc21.[Zr]. The van der Waals surface area contributed by atoms with Gasteiger partial charge in [-0.1, -0.05) is 24.3 Å². The van der Waals surface area contributed by atoms with Crippen molar-refractivity contribution in [3.63, 3.8) is 0 Å². The van der Waals surface area contributed by atoms with Gasteiger partial charge in [-0.05, 0) is 29.3 Å². The van der Waals surface area contributed by atoms with Gasteiger partial charge >= 0.3 is 0 Å². The summed E-state index contributed by atoms with van der Waals surface area (Å²) in [5.74, 6) is 0.932. The first-order valence-corrected chi connectivity index (χ1v) is 4.63. The molecule has 0 aliphatic heterocycles. The van der Waals surface area contributed by atoms with Crippen molar-refractivity contribution in [3.05, 3.63) is 66.0 Å². The van der Waals surface area contributed by atoms with Crippen LogP contribution in [-0.4, -0.2) is 0 Å². The first kappa shape index (κ1) is 10.6. The van der Waals surface area contributed by atoms with Gasteiger partial charge in [-0.15, -0.1) is 0 Å². The minimum absolute atomic E-state index is 0. The Bertz CT molecular complexity index is 483. The van der Waals surface area contributed by atoms with Gasteiger partial charge in [0.2, 0.25) is 0 Å². The first-order valence-electron chi connectivity index (χ1n) is 4.63. The molecule has 0 amide bonds. The Hall–Kier alpha value is -0.877. The molecule has 0 saturated heterocycles. The maximum Gasteiger partial charge on any atom is 0.130 e. The number of furan rings is 1. The van der Waals surface area contributed by atoms with Crippen LogP contribution in [0.3, 0.4) is 0 Å². The Morgan fingerprint density at radius 1 is 0.867 bits per heavy atom. The van der Waals surface area contributed by atoms with Crippen LogP contribution in [-0.2, 0) is 26.2 Å². The zero-order valence-electron chi connectivity index (χ0n) is 8.10. The van der Waals surface area contributed by atoms with E-state index in [0.29, 0.717) is 0 Å². The summed E-state index contributed by atoms with van der Waals surface area (Å²) in [6, 6.07) is 12.2. The summed E-state index contributed by atoms with van der Waals surface area (Å²) in [5, 5.41) is 0. The van der Waals surface area contributed by atoms with E-state index in [9.17, 15) is 0 Å². The van der Waals surface area contributed by atoms with Gasteiger partial charge in [0.1, 0.15) is 5.76 Å². The van der Waals surface area contributed by atoms with E-state index in [1.807, 2.05) is 24.3 Å². The van der Waals surface area contributed by atoms with Crippen molar-refractivity contribution in [2.45, 2.75) is 0 Å². The molecule has 0 spiro atoms. The maximum atomic E-state index is 5.35. The third kappa shape index (κ3) is 1.91. The molecule has 3 rings (SSSR count). The van der Waals surface area contributed by atoms with E-state index in [1.165, 1.54) is 11.1 Å². The van der Waals surface area contributed by atoms with Crippen molar-refractivity contribution < 1.29 is 30.6 Å². The van der Waals surface area contributed by atoms with E-state index < -0.39 is 0 Å². The van der Waals surface area contributed by atoms with Crippen molar-refractivity contribution >= 4 is 11.6 Å². The van der Waals surface area contributed by atoms with Gasteiger partial charge in [0.05, 0.1) is 6.26 Å². The van der Waals surface area contributed by atoms with Crippen molar-refractivity contribution in [1.82, 2.24) is 0 Å². The van der Waals surface area contributed by atoms with Crippen LogP contribution in [0.1, 0.15) is 16.9 Å². The van der Waals surface area contributed by atoms with E-state index >= 15 is 0 Å². The second-order valence-electron chi connectivity index (χ2n) is 3.35. The molecule has 1 radical (unpaired) electrons. The van der Waals surface area contributed by atoms with Crippen molar-refractivity contribution in [2.75, 3.05) is 0 Å². The van der Waals surface area contributed by atoms with Gasteiger partial charge in [-0.2, -0.15) is 0 Å². The fraction of sp³-hybridized carbons (Fsp3) is 0. The first-order chi connectivity index (χ1) is 6.93. The number of fused-ring (bicyclic) bond motifs is 1. The van der Waals surface area contributed by atoms with Crippen molar-refractivity contribution in [1.29, 1.82) is 0 Å². The van der Waals surface area contributed by atoms with Gasteiger partial charge in [0.15, 0.2) is 0 Å². The zero-order valence-corrected chi connectivity index (χ0v) is 10.6. The fourth-order valence-corrected chi connectivity index (χ4v) is 1.74. The molecule has 1 aliphatic carbocycles. The molecule has 0 bridgehead atoms. The molecule has 15 heavy (non-hydrogen) atoms. The average molecular weight is 272 g/mol. The predicted octanol–water partition coefficient (Wildman–Crippen LogP) is 3.38. The van der Waals surface area contributed by atoms with Crippen LogP contribution >= 0.6 is 0 Å². The van der Waals surface area contributed by atoms with Crippen molar-refractivity contribution in [2.24, 2.45) is 0 Å². The third-order valence-electron chi connectivity index (χ3n) is 2.42. The largest absolute Gasteiger partial charge is 0.465 e. The third-order valence-corrected chi connectivity index (χ3v) is 2.42. The molecule has 1 aromatic carbocycles. The molecule has 1 nitrogen and oxygen atoms in total. The van der Waals surface area contributed by atoms with Crippen LogP contribution in [0, 0.1) is 6.42 Å². The summed E-state index contributed by atoms with van der Waals surface area (Å²) in [4.78, 5) is 0. The Morgan fingerprint density at radius 3 is 2.33 bits per heavy atom. The Labute approximate surface area is 108 Å². The van der Waals surface area contributed by atoms with Crippen LogP contribution < -0.4 is 0 Å². The Morgan fingerprint density at radius 2 is 1.67 bits per heavy atom. The molecule has 0 fully saturated rings. The monoisotopic (exact) mass is 271 g/mol. The molecule has 0 saturated carbocycles. The number of hydrogen-bond donors (Lipinski definition) is 0. The topological polar surface area (TPSA) is 13.1 Å². The normalized spacial score (nSPS) is 12.9. The summed E-state index contributed by atoms with van der Waals surface area (Å²) in [6.07, 6.45) is 6.00. The zero-order chi connectivity index (χ0) is 9.38. The molecular formula is C13H9OZr. The standard InChI is InChI=1S/C13H9O.Zr/c1-2-5-11-9-12(8-10(11)4-1)13-6-3-7-14-13;/h1-9H;. The molecule has 71 valence electrons. The Kier molecular flexibility index (Phi) is 3.06. The summed E-state index contributed by atoms with van der Waals surface area (Å²) < 4.78 is 5.35. The molecule has 0 unspecified atom stereocenters. The van der Waals surface area contributed by atoms with Crippen LogP contribution in [0.2, 0.25) is 0 Å². The smallest absolute Gasteiger partial charge is 0.130 e. The fourth-order valence-electron chi connectivity index (χ4n) is 1.74. The quantitative estimate of drug-likeness (QED) is 0.775. The van der Waals surface area contributed by atoms with Crippen LogP contribution in [0.15, 0.2) is 47.1 Å². The molecule has 2 aromatic rings. The van der Waals surface area contributed by atoms with E-state index in [-0.39, 0.29) is 26.2 Å². The van der Waals surface area contributed by atoms with E-state index in [2.05, 4.69) is 24.6 Å². The molecule has 1 heterocycles. The van der Waals surface area contributed by atoms with E-state index in [0.717, 1.165) is 11.3 Å². The van der Waals surface area contributed by atoms with Gasteiger partial charge in [-0.25, -0.2) is 0 Å². The van der Waals surface area contributed by atoms with E-state index in [4.69, 9.17) is 4.42 Å². The minimum Gasteiger partial charge on any atom is -0.465 e. The number of rotatable bonds is 1. The molecular weight excluding hydrogens is 263 g/mol. The predicted molar refractivity (Wildman–Crippen MR) is 56.4 cm³/mol. The maximum absolute atomic E-state index is 5.35. The molecule has 1 aliphatic rings. The van der Waals surface area contributed by atoms with Crippen LogP contribution in [0.5, 0.6) is 0 Å².